The van der Waals surface area contributed by atoms with Gasteiger partial charge in [0.15, 0.2) is 0 Å². The van der Waals surface area contributed by atoms with Gasteiger partial charge >= 0.3 is 12.1 Å². The van der Waals surface area contributed by atoms with Gasteiger partial charge in [0.1, 0.15) is 18.7 Å². The van der Waals surface area contributed by atoms with Gasteiger partial charge in [-0.05, 0) is 34.6 Å². The highest BCUT2D eigenvalue weighted by atomic mass is 16.5. The number of aliphatic carboxylic acids is 1. The monoisotopic (exact) mass is 448 g/mol. The predicted molar refractivity (Wildman–Crippen MR) is 124 cm³/mol. The molecule has 0 radical (unpaired) electrons. The van der Waals surface area contributed by atoms with Crippen LogP contribution in [-0.2, 0) is 14.3 Å². The summed E-state index contributed by atoms with van der Waals surface area (Å²) in [7, 11) is 0. The van der Waals surface area contributed by atoms with E-state index in [0.717, 1.165) is 22.3 Å². The fourth-order valence-electron chi connectivity index (χ4n) is 4.08. The van der Waals surface area contributed by atoms with E-state index >= 15 is 0 Å². The summed E-state index contributed by atoms with van der Waals surface area (Å²) in [6, 6.07) is 13.8. The largest absolute Gasteiger partial charge is 0.480 e. The van der Waals surface area contributed by atoms with Gasteiger partial charge < -0.3 is 20.5 Å². The van der Waals surface area contributed by atoms with Crippen molar-refractivity contribution >= 4 is 18.0 Å². The zero-order valence-electron chi connectivity index (χ0n) is 18.7. The molecule has 0 bridgehead atoms. The highest BCUT2D eigenvalue weighted by Crippen LogP contribution is 2.44. The molecule has 172 valence electrons. The Bertz CT molecular complexity index is 1030. The molecule has 33 heavy (non-hydrogen) atoms. The lowest BCUT2D eigenvalue weighted by Gasteiger charge is -2.22. The lowest BCUT2D eigenvalue weighted by atomic mass is 9.98. The van der Waals surface area contributed by atoms with Crippen LogP contribution in [0.3, 0.4) is 0 Å². The number of terminal acetylenes is 1. The van der Waals surface area contributed by atoms with Gasteiger partial charge in [-0.1, -0.05) is 62.4 Å². The number of carbonyl (C=O) groups is 3. The first-order valence-corrected chi connectivity index (χ1v) is 10.9. The molecule has 7 heteroatoms. The van der Waals surface area contributed by atoms with E-state index in [1.54, 1.807) is 0 Å². The highest BCUT2D eigenvalue weighted by molar-refractivity contribution is 5.89. The topological polar surface area (TPSA) is 105 Å². The molecular formula is C26H28N2O5. The van der Waals surface area contributed by atoms with E-state index in [4.69, 9.17) is 11.2 Å². The number of carboxylic acid groups (broad SMARTS) is 1. The minimum absolute atomic E-state index is 0.0746. The summed E-state index contributed by atoms with van der Waals surface area (Å²) in [4.78, 5) is 36.6. The Kier molecular flexibility index (Phi) is 7.73. The van der Waals surface area contributed by atoms with Crippen molar-refractivity contribution in [3.05, 3.63) is 59.7 Å². The van der Waals surface area contributed by atoms with E-state index in [9.17, 15) is 19.5 Å². The average Bonchev–Trinajstić information content (AvgIpc) is 3.10. The number of benzene rings is 2. The fraction of sp³-hybridized carbons (Fsp3) is 0.346. The van der Waals surface area contributed by atoms with Gasteiger partial charge in [-0.3, -0.25) is 4.79 Å². The van der Waals surface area contributed by atoms with Crippen molar-refractivity contribution in [2.45, 2.75) is 44.7 Å². The first-order chi connectivity index (χ1) is 15.8. The second kappa shape index (κ2) is 10.7. The Balaban J connectivity index is 1.67. The summed E-state index contributed by atoms with van der Waals surface area (Å²) in [5.41, 5.74) is 4.41. The number of hydrogen-bond donors (Lipinski definition) is 3. The molecule has 0 fully saturated rings. The van der Waals surface area contributed by atoms with Gasteiger partial charge in [0.2, 0.25) is 5.91 Å². The predicted octanol–water partition coefficient (Wildman–Crippen LogP) is 3.53. The Morgan fingerprint density at radius 1 is 1.00 bits per heavy atom. The van der Waals surface area contributed by atoms with E-state index in [1.165, 1.54) is 0 Å². The molecule has 0 saturated carbocycles. The summed E-state index contributed by atoms with van der Waals surface area (Å²) in [5.74, 6) is 0.364. The van der Waals surface area contributed by atoms with Gasteiger partial charge in [-0.15, -0.1) is 12.3 Å². The Morgan fingerprint density at radius 3 is 2.09 bits per heavy atom. The molecule has 2 amide bonds. The number of nitrogens with one attached hydrogen (secondary N) is 2. The minimum atomic E-state index is -1.23. The number of ether oxygens (including phenoxy) is 1. The smallest absolute Gasteiger partial charge is 0.407 e. The van der Waals surface area contributed by atoms with Crippen LogP contribution in [-0.4, -0.2) is 41.8 Å². The second-order valence-electron chi connectivity index (χ2n) is 8.46. The van der Waals surface area contributed by atoms with Crippen LogP contribution in [0.4, 0.5) is 4.79 Å². The maximum Gasteiger partial charge on any atom is 0.407 e. The normalized spacial score (nSPS) is 13.9. The number of alkyl carbamates (subject to hydrolysis) is 1. The summed E-state index contributed by atoms with van der Waals surface area (Å²) in [5, 5.41) is 14.2. The van der Waals surface area contributed by atoms with Crippen LogP contribution in [0, 0.1) is 18.3 Å². The Hall–Kier alpha value is -3.79. The average molecular weight is 449 g/mol. The van der Waals surface area contributed by atoms with Gasteiger partial charge in [-0.2, -0.15) is 0 Å². The van der Waals surface area contributed by atoms with E-state index in [1.807, 2.05) is 62.4 Å². The van der Waals surface area contributed by atoms with Crippen molar-refractivity contribution in [1.82, 2.24) is 10.6 Å². The third-order valence-electron chi connectivity index (χ3n) is 5.60. The molecule has 1 unspecified atom stereocenters. The van der Waals surface area contributed by atoms with Gasteiger partial charge in [-0.25, -0.2) is 9.59 Å². The second-order valence-corrected chi connectivity index (χ2v) is 8.46. The number of fused-ring (bicyclic) bond motifs is 3. The molecule has 0 saturated heterocycles. The quantitative estimate of drug-likeness (QED) is 0.509. The molecule has 2 aromatic rings. The van der Waals surface area contributed by atoms with Gasteiger partial charge in [0.05, 0.1) is 0 Å². The minimum Gasteiger partial charge on any atom is -0.480 e. The van der Waals surface area contributed by atoms with Crippen LogP contribution in [0.2, 0.25) is 0 Å². The van der Waals surface area contributed by atoms with Crippen molar-refractivity contribution in [2.24, 2.45) is 5.92 Å². The maximum atomic E-state index is 12.7. The van der Waals surface area contributed by atoms with Crippen molar-refractivity contribution < 1.29 is 24.2 Å². The van der Waals surface area contributed by atoms with E-state index in [-0.39, 0.29) is 24.9 Å². The molecule has 2 atom stereocenters. The zero-order chi connectivity index (χ0) is 24.0. The number of carbonyl (C=O) groups excluding carboxylic acids is 2. The van der Waals surface area contributed by atoms with Crippen molar-refractivity contribution in [1.29, 1.82) is 0 Å². The molecule has 0 aliphatic heterocycles. The maximum absolute atomic E-state index is 12.7. The Morgan fingerprint density at radius 2 is 1.58 bits per heavy atom. The third kappa shape index (κ3) is 5.72. The molecule has 1 aliphatic carbocycles. The van der Waals surface area contributed by atoms with Crippen LogP contribution in [0.1, 0.15) is 43.7 Å². The molecule has 7 nitrogen and oxygen atoms in total. The standard InChI is InChI=1S/C26H28N2O5/c1-4-9-22(25(30)31)27-24(29)23(14-16(2)3)28-26(32)33-15-21-19-12-7-5-10-17(19)18-11-6-8-13-20(18)21/h1,5-8,10-13,16,21-23H,9,14-15H2,2-3H3,(H,27,29)(H,28,32)(H,30,31)/t22?,23-/m1/s1. The van der Waals surface area contributed by atoms with Crippen molar-refractivity contribution in [3.63, 3.8) is 0 Å². The van der Waals surface area contributed by atoms with E-state index in [0.29, 0.717) is 6.42 Å². The van der Waals surface area contributed by atoms with E-state index in [2.05, 4.69) is 16.6 Å². The highest BCUT2D eigenvalue weighted by Gasteiger charge is 2.30. The lowest BCUT2D eigenvalue weighted by Crippen LogP contribution is -2.52. The first-order valence-electron chi connectivity index (χ1n) is 10.9. The molecule has 3 N–H and O–H groups in total. The molecular weight excluding hydrogens is 420 g/mol. The molecule has 2 aromatic carbocycles. The fourth-order valence-corrected chi connectivity index (χ4v) is 4.08. The molecule has 0 spiro atoms. The third-order valence-corrected chi connectivity index (χ3v) is 5.60. The molecule has 1 aliphatic rings. The van der Waals surface area contributed by atoms with Crippen LogP contribution in [0.25, 0.3) is 11.1 Å². The molecule has 0 aromatic heterocycles. The van der Waals surface area contributed by atoms with Crippen molar-refractivity contribution in [3.8, 4) is 23.5 Å². The van der Waals surface area contributed by atoms with Gasteiger partial charge in [0, 0.05) is 12.3 Å². The first kappa shape index (κ1) is 23.9. The SMILES string of the molecule is C#CCC(NC(=O)[C@@H](CC(C)C)NC(=O)OCC1c2ccccc2-c2ccccc21)C(=O)O. The van der Waals surface area contributed by atoms with Crippen molar-refractivity contribution in [2.75, 3.05) is 6.61 Å². The molecule has 0 heterocycles. The number of amides is 2. The van der Waals surface area contributed by atoms with Crippen LogP contribution < -0.4 is 10.6 Å². The summed E-state index contributed by atoms with van der Waals surface area (Å²) >= 11 is 0. The Labute approximate surface area is 193 Å². The summed E-state index contributed by atoms with van der Waals surface area (Å²) in [6.07, 6.45) is 4.62. The van der Waals surface area contributed by atoms with Crippen LogP contribution in [0.5, 0.6) is 0 Å². The lowest BCUT2D eigenvalue weighted by molar-refractivity contribution is -0.142. The number of carboxylic acids is 1. The summed E-state index contributed by atoms with van der Waals surface area (Å²) < 4.78 is 5.52. The van der Waals surface area contributed by atoms with Crippen LogP contribution in [0.15, 0.2) is 48.5 Å². The van der Waals surface area contributed by atoms with E-state index < -0.39 is 30.1 Å². The number of hydrogen-bond acceptors (Lipinski definition) is 4. The van der Waals surface area contributed by atoms with Gasteiger partial charge in [0.25, 0.3) is 0 Å². The number of rotatable bonds is 9. The summed E-state index contributed by atoms with van der Waals surface area (Å²) in [6.45, 7) is 3.91. The van der Waals surface area contributed by atoms with Crippen LogP contribution >= 0.6 is 0 Å². The molecule has 3 rings (SSSR count). The zero-order valence-corrected chi connectivity index (χ0v) is 18.7.